The van der Waals surface area contributed by atoms with Gasteiger partial charge in [-0.25, -0.2) is 0 Å². The van der Waals surface area contributed by atoms with Gasteiger partial charge in [-0.15, -0.1) is 0 Å². The van der Waals surface area contributed by atoms with E-state index in [0.29, 0.717) is 0 Å². The van der Waals surface area contributed by atoms with Gasteiger partial charge in [-0.2, -0.15) is 0 Å². The number of hydrogen-bond acceptors (Lipinski definition) is 2. The van der Waals surface area contributed by atoms with Crippen molar-refractivity contribution in [2.24, 2.45) is 0 Å². The fraction of sp³-hybridized carbons (Fsp3) is 0.0769. The van der Waals surface area contributed by atoms with Gasteiger partial charge >= 0.3 is 0 Å². The van der Waals surface area contributed by atoms with Crippen molar-refractivity contribution < 1.29 is 0 Å². The minimum Gasteiger partial charge on any atom is -0.310 e. The molecule has 2 aliphatic carbocycles. The van der Waals surface area contributed by atoms with Crippen LogP contribution in [0.1, 0.15) is 44.5 Å². The molecule has 0 bridgehead atoms. The van der Waals surface area contributed by atoms with Crippen molar-refractivity contribution in [1.29, 1.82) is 0 Å². The monoisotopic (exact) mass is 856 g/mol. The van der Waals surface area contributed by atoms with E-state index in [9.17, 15) is 0 Å². The number of fused-ring (bicyclic) bond motifs is 17. The first-order valence-electron chi connectivity index (χ1n) is 23.5. The number of nitrogens with zero attached hydrogens (tertiary/aromatic N) is 2. The molecule has 0 atom stereocenters. The van der Waals surface area contributed by atoms with Crippen LogP contribution in [0.5, 0.6) is 0 Å². The summed E-state index contributed by atoms with van der Waals surface area (Å²) in [5.41, 5.74) is 21.8. The highest BCUT2D eigenvalue weighted by atomic mass is 15.1. The highest BCUT2D eigenvalue weighted by Crippen LogP contribution is 2.67. The average Bonchev–Trinajstić information content (AvgIpc) is 3.82. The molecule has 13 rings (SSSR count). The third kappa shape index (κ3) is 5.76. The lowest BCUT2D eigenvalue weighted by Crippen LogP contribution is -2.26. The minimum absolute atomic E-state index is 0.607. The second kappa shape index (κ2) is 14.9. The Kier molecular flexibility index (Phi) is 8.73. The highest BCUT2D eigenvalue weighted by Gasteiger charge is 2.54. The molecule has 0 saturated carbocycles. The van der Waals surface area contributed by atoms with E-state index in [2.05, 4.69) is 256 Å². The van der Waals surface area contributed by atoms with Crippen LogP contribution in [-0.4, -0.2) is 0 Å². The zero-order chi connectivity index (χ0) is 45.0. The first-order chi connectivity index (χ1) is 32.9. The van der Waals surface area contributed by atoms with Crippen molar-refractivity contribution >= 4 is 66.4 Å². The van der Waals surface area contributed by atoms with E-state index in [1.807, 2.05) is 0 Å². The maximum atomic E-state index is 2.54. The largest absolute Gasteiger partial charge is 0.310 e. The summed E-state index contributed by atoms with van der Waals surface area (Å²) < 4.78 is 0. The van der Waals surface area contributed by atoms with Crippen molar-refractivity contribution in [3.63, 3.8) is 0 Å². The Morgan fingerprint density at radius 3 is 1.34 bits per heavy atom. The molecule has 2 nitrogen and oxygen atoms in total. The maximum absolute atomic E-state index is 2.54. The zero-order valence-electron chi connectivity index (χ0n) is 38.2. The fourth-order valence-electron chi connectivity index (χ4n) is 12.2. The highest BCUT2D eigenvalue weighted by molar-refractivity contribution is 6.23. The number of aryl methyl sites for hydroxylation is 4. The van der Waals surface area contributed by atoms with Gasteiger partial charge in [-0.05, 0) is 188 Å². The van der Waals surface area contributed by atoms with Crippen LogP contribution in [0.15, 0.2) is 218 Å². The van der Waals surface area contributed by atoms with Gasteiger partial charge < -0.3 is 9.80 Å². The third-order valence-corrected chi connectivity index (χ3v) is 14.5. The van der Waals surface area contributed by atoms with Crippen LogP contribution in [0.2, 0.25) is 0 Å². The predicted molar refractivity (Wildman–Crippen MR) is 284 cm³/mol. The normalized spacial score (nSPS) is 12.9. The predicted octanol–water partition coefficient (Wildman–Crippen LogP) is 17.7. The van der Waals surface area contributed by atoms with Crippen LogP contribution in [-0.2, 0) is 5.41 Å². The van der Waals surface area contributed by atoms with Crippen molar-refractivity contribution in [3.8, 4) is 22.3 Å². The van der Waals surface area contributed by atoms with Gasteiger partial charge in [0.05, 0.1) is 11.1 Å². The molecule has 0 radical (unpaired) electrons. The molecule has 0 amide bonds. The van der Waals surface area contributed by atoms with Gasteiger partial charge in [0.15, 0.2) is 0 Å². The summed E-state index contributed by atoms with van der Waals surface area (Å²) in [4.78, 5) is 4.92. The maximum Gasteiger partial charge on any atom is 0.0737 e. The van der Waals surface area contributed by atoms with Gasteiger partial charge in [0, 0.05) is 33.8 Å². The Balaban J connectivity index is 1.20. The molecule has 11 aromatic rings. The SMILES string of the molecule is Cc1cc(C)cc(N(c2ccccc2)c2ccc3c4c(c5ccccc5c3c2)-c2cc(N(c3ccccc3)c3cc(C)cc(C)c3)c3ccccc3c2C42c3ccccc3-c3ccccc32)c1. The van der Waals surface area contributed by atoms with E-state index in [1.54, 1.807) is 0 Å². The Morgan fingerprint density at radius 2 is 0.746 bits per heavy atom. The summed E-state index contributed by atoms with van der Waals surface area (Å²) >= 11 is 0. The molecular weight excluding hydrogens is 809 g/mol. The summed E-state index contributed by atoms with van der Waals surface area (Å²) in [5, 5.41) is 7.52. The second-order valence-electron chi connectivity index (χ2n) is 18.8. The van der Waals surface area contributed by atoms with Gasteiger partial charge in [0.2, 0.25) is 0 Å². The summed E-state index contributed by atoms with van der Waals surface area (Å²) in [6, 6.07) is 82.2. The Hall–Kier alpha value is -8.20. The van der Waals surface area contributed by atoms with E-state index in [1.165, 1.54) is 105 Å². The van der Waals surface area contributed by atoms with E-state index < -0.39 is 5.41 Å². The van der Waals surface area contributed by atoms with Crippen LogP contribution >= 0.6 is 0 Å². The average molecular weight is 857 g/mol. The van der Waals surface area contributed by atoms with Crippen LogP contribution in [0.4, 0.5) is 34.1 Å². The summed E-state index contributed by atoms with van der Waals surface area (Å²) in [5.74, 6) is 0. The molecule has 0 N–H and O–H groups in total. The van der Waals surface area contributed by atoms with Gasteiger partial charge in [-0.1, -0.05) is 152 Å². The molecule has 2 aliphatic rings. The molecule has 2 heteroatoms. The van der Waals surface area contributed by atoms with Crippen molar-refractivity contribution in [2.45, 2.75) is 33.1 Å². The molecule has 0 saturated heterocycles. The Labute approximate surface area is 392 Å². The zero-order valence-corrected chi connectivity index (χ0v) is 38.2. The smallest absolute Gasteiger partial charge is 0.0737 e. The van der Waals surface area contributed by atoms with Gasteiger partial charge in [0.25, 0.3) is 0 Å². The number of hydrogen-bond donors (Lipinski definition) is 0. The van der Waals surface area contributed by atoms with Crippen LogP contribution in [0.3, 0.4) is 0 Å². The Bertz CT molecular complexity index is 3720. The van der Waals surface area contributed by atoms with Crippen LogP contribution in [0.25, 0.3) is 54.6 Å². The number of benzene rings is 11. The quantitative estimate of drug-likeness (QED) is 0.154. The fourth-order valence-corrected chi connectivity index (χ4v) is 12.2. The van der Waals surface area contributed by atoms with Gasteiger partial charge in [0.1, 0.15) is 0 Å². The first-order valence-corrected chi connectivity index (χ1v) is 23.5. The molecule has 0 aliphatic heterocycles. The molecule has 0 unspecified atom stereocenters. The van der Waals surface area contributed by atoms with Crippen molar-refractivity contribution in [2.75, 3.05) is 9.80 Å². The van der Waals surface area contributed by atoms with E-state index in [0.717, 1.165) is 28.4 Å². The molecule has 0 fully saturated rings. The topological polar surface area (TPSA) is 6.48 Å². The summed E-state index contributed by atoms with van der Waals surface area (Å²) in [7, 11) is 0. The Morgan fingerprint density at radius 1 is 0.284 bits per heavy atom. The lowest BCUT2D eigenvalue weighted by atomic mass is 9.68. The standard InChI is InChI=1S/C65H48N2/c1-41-33-42(2)36-48(35-41)66(45-19-7-5-8-20-45)47-31-32-56-57(39-47)50-23-11-13-27-54(50)62-58-40-61(67(46-21-9-6-10-22-46)49-37-43(3)34-44(4)38-49)53-26-12-14-28-55(53)63(58)65(64(56)62)59-29-17-15-24-51(59)52-25-16-18-30-60(52)65/h5-40H,1-4H3. The van der Waals surface area contributed by atoms with Crippen molar-refractivity contribution in [1.82, 2.24) is 0 Å². The lowest BCUT2D eigenvalue weighted by Gasteiger charge is -2.34. The molecule has 1 spiro atoms. The van der Waals surface area contributed by atoms with E-state index in [-0.39, 0.29) is 0 Å². The van der Waals surface area contributed by atoms with E-state index >= 15 is 0 Å². The molecule has 11 aromatic carbocycles. The summed E-state index contributed by atoms with van der Waals surface area (Å²) in [6.45, 7) is 8.81. The molecule has 318 valence electrons. The molecule has 0 heterocycles. The lowest BCUT2D eigenvalue weighted by molar-refractivity contribution is 0.809. The van der Waals surface area contributed by atoms with Crippen LogP contribution < -0.4 is 9.80 Å². The van der Waals surface area contributed by atoms with Crippen LogP contribution in [0, 0.1) is 27.7 Å². The second-order valence-corrected chi connectivity index (χ2v) is 18.8. The molecular formula is C65H48N2. The number of anilines is 6. The minimum atomic E-state index is -0.607. The first kappa shape index (κ1) is 39.2. The van der Waals surface area contributed by atoms with E-state index in [4.69, 9.17) is 0 Å². The number of rotatable bonds is 6. The number of para-hydroxylation sites is 2. The van der Waals surface area contributed by atoms with Crippen molar-refractivity contribution in [3.05, 3.63) is 263 Å². The third-order valence-electron chi connectivity index (χ3n) is 14.5. The molecule has 0 aromatic heterocycles. The summed E-state index contributed by atoms with van der Waals surface area (Å²) in [6.07, 6.45) is 0. The molecule has 67 heavy (non-hydrogen) atoms. The van der Waals surface area contributed by atoms with Gasteiger partial charge in [-0.3, -0.25) is 0 Å².